The smallest absolute Gasteiger partial charge is 0.264 e. The van der Waals surface area contributed by atoms with Gasteiger partial charge in [-0.15, -0.1) is 0 Å². The molecule has 150 valence electrons. The van der Waals surface area contributed by atoms with E-state index in [4.69, 9.17) is 11.6 Å². The van der Waals surface area contributed by atoms with Crippen LogP contribution in [0.1, 0.15) is 35.7 Å². The van der Waals surface area contributed by atoms with Crippen molar-refractivity contribution in [1.29, 1.82) is 0 Å². The maximum absolute atomic E-state index is 13.4. The Hall–Kier alpha value is -2.70. The highest BCUT2D eigenvalue weighted by atomic mass is 35.5. The van der Waals surface area contributed by atoms with Crippen molar-refractivity contribution in [1.82, 2.24) is 4.98 Å². The third-order valence-electron chi connectivity index (χ3n) is 4.44. The van der Waals surface area contributed by atoms with Gasteiger partial charge in [-0.1, -0.05) is 43.1 Å². The molecule has 0 fully saturated rings. The molecule has 0 radical (unpaired) electrons. The predicted molar refractivity (Wildman–Crippen MR) is 115 cm³/mol. The normalized spacial score (nSPS) is 11.2. The van der Waals surface area contributed by atoms with Gasteiger partial charge in [0.15, 0.2) is 5.78 Å². The first kappa shape index (κ1) is 21.0. The maximum Gasteiger partial charge on any atom is 0.264 e. The Morgan fingerprint density at radius 1 is 1.07 bits per heavy atom. The fraction of sp³-hybridized carbons (Fsp3) is 0.182. The fourth-order valence-electron chi connectivity index (χ4n) is 2.95. The van der Waals surface area contributed by atoms with Crippen molar-refractivity contribution in [2.45, 2.75) is 24.7 Å². The molecule has 0 aliphatic carbocycles. The van der Waals surface area contributed by atoms with Crippen LogP contribution in [-0.2, 0) is 10.0 Å². The van der Waals surface area contributed by atoms with Crippen LogP contribution in [0.25, 0.3) is 0 Å². The van der Waals surface area contributed by atoms with Crippen molar-refractivity contribution in [3.05, 3.63) is 89.2 Å². The number of halogens is 1. The number of benzene rings is 2. The number of ketones is 1. The Kier molecular flexibility index (Phi) is 6.67. The number of rotatable bonds is 8. The summed E-state index contributed by atoms with van der Waals surface area (Å²) in [6.07, 6.45) is 4.48. The van der Waals surface area contributed by atoms with Gasteiger partial charge in [-0.25, -0.2) is 8.42 Å². The molecule has 0 aliphatic heterocycles. The van der Waals surface area contributed by atoms with Crippen LogP contribution in [0.4, 0.5) is 5.69 Å². The minimum absolute atomic E-state index is 0.172. The molecule has 0 bridgehead atoms. The van der Waals surface area contributed by atoms with Crippen molar-refractivity contribution in [2.24, 2.45) is 0 Å². The Morgan fingerprint density at radius 3 is 2.48 bits per heavy atom. The molecule has 0 amide bonds. The minimum Gasteiger partial charge on any atom is -0.288 e. The molecule has 3 aromatic rings. The topological polar surface area (TPSA) is 67.3 Å². The van der Waals surface area contributed by atoms with E-state index in [-0.39, 0.29) is 22.8 Å². The second kappa shape index (κ2) is 9.20. The molecule has 0 unspecified atom stereocenters. The van der Waals surface area contributed by atoms with Gasteiger partial charge in [0.1, 0.15) is 0 Å². The summed E-state index contributed by atoms with van der Waals surface area (Å²) >= 11 is 6.15. The highest BCUT2D eigenvalue weighted by Crippen LogP contribution is 2.31. The predicted octanol–water partition coefficient (Wildman–Crippen LogP) is 4.96. The van der Waals surface area contributed by atoms with Crippen LogP contribution in [0, 0.1) is 0 Å². The molecule has 5 nitrogen and oxygen atoms in total. The van der Waals surface area contributed by atoms with Crippen LogP contribution in [0.5, 0.6) is 0 Å². The lowest BCUT2D eigenvalue weighted by Gasteiger charge is -2.26. The molecule has 1 heterocycles. The fourth-order valence-corrected chi connectivity index (χ4v) is 4.67. The molecular weight excluding hydrogens is 408 g/mol. The van der Waals surface area contributed by atoms with Crippen molar-refractivity contribution < 1.29 is 13.2 Å². The Balaban J connectivity index is 2.15. The van der Waals surface area contributed by atoms with E-state index in [9.17, 15) is 13.2 Å². The van der Waals surface area contributed by atoms with Gasteiger partial charge in [0.2, 0.25) is 0 Å². The summed E-state index contributed by atoms with van der Waals surface area (Å²) < 4.78 is 28.1. The maximum atomic E-state index is 13.4. The number of hydrogen-bond donors (Lipinski definition) is 0. The van der Waals surface area contributed by atoms with E-state index in [1.165, 1.54) is 16.6 Å². The molecule has 0 N–H and O–H groups in total. The summed E-state index contributed by atoms with van der Waals surface area (Å²) in [6, 6.07) is 16.2. The molecule has 2 aromatic carbocycles. The summed E-state index contributed by atoms with van der Waals surface area (Å²) in [7, 11) is -3.86. The lowest BCUT2D eigenvalue weighted by atomic mass is 10.0. The number of hydrogen-bond acceptors (Lipinski definition) is 4. The third-order valence-corrected chi connectivity index (χ3v) is 6.50. The summed E-state index contributed by atoms with van der Waals surface area (Å²) in [5.41, 5.74) is 0.894. The molecule has 0 spiro atoms. The van der Waals surface area contributed by atoms with E-state index in [1.54, 1.807) is 60.8 Å². The number of sulfonamides is 1. The highest BCUT2D eigenvalue weighted by Gasteiger charge is 2.28. The van der Waals surface area contributed by atoms with Crippen molar-refractivity contribution >= 4 is 33.1 Å². The minimum atomic E-state index is -3.86. The molecule has 7 heteroatoms. The van der Waals surface area contributed by atoms with Crippen LogP contribution in [-0.4, -0.2) is 25.7 Å². The summed E-state index contributed by atoms with van der Waals surface area (Å²) in [5.74, 6) is -0.333. The second-order valence-corrected chi connectivity index (χ2v) is 8.77. The monoisotopic (exact) mass is 428 g/mol. The Labute approximate surface area is 176 Å². The SMILES string of the molecule is CCCCN(c1ccc(Cl)cc1C(=O)c1cccnc1)S(=O)(=O)c1ccccc1. The zero-order valence-electron chi connectivity index (χ0n) is 16.0. The van der Waals surface area contributed by atoms with Crippen LogP contribution in [0.2, 0.25) is 5.02 Å². The van der Waals surface area contributed by atoms with Crippen molar-refractivity contribution in [3.63, 3.8) is 0 Å². The first-order chi connectivity index (χ1) is 13.9. The van der Waals surface area contributed by atoms with Crippen LogP contribution < -0.4 is 4.31 Å². The first-order valence-corrected chi connectivity index (χ1v) is 11.1. The molecule has 29 heavy (non-hydrogen) atoms. The number of anilines is 1. The average molecular weight is 429 g/mol. The van der Waals surface area contributed by atoms with Gasteiger partial charge in [0, 0.05) is 35.1 Å². The Bertz CT molecular complexity index is 1090. The lowest BCUT2D eigenvalue weighted by molar-refractivity contribution is 0.103. The lowest BCUT2D eigenvalue weighted by Crippen LogP contribution is -2.33. The van der Waals surface area contributed by atoms with Crippen LogP contribution in [0.3, 0.4) is 0 Å². The largest absolute Gasteiger partial charge is 0.288 e. The number of nitrogens with zero attached hydrogens (tertiary/aromatic N) is 2. The number of aromatic nitrogens is 1. The second-order valence-electron chi connectivity index (χ2n) is 6.48. The highest BCUT2D eigenvalue weighted by molar-refractivity contribution is 7.92. The van der Waals surface area contributed by atoms with Crippen LogP contribution >= 0.6 is 11.6 Å². The van der Waals surface area contributed by atoms with E-state index in [0.717, 1.165) is 6.42 Å². The van der Waals surface area contributed by atoms with Crippen LogP contribution in [0.15, 0.2) is 78.0 Å². The number of carbonyl (C=O) groups is 1. The van der Waals surface area contributed by atoms with E-state index in [1.807, 2.05) is 6.92 Å². The summed E-state index contributed by atoms with van der Waals surface area (Å²) in [4.78, 5) is 17.3. The summed E-state index contributed by atoms with van der Waals surface area (Å²) in [6.45, 7) is 2.24. The van der Waals surface area contributed by atoms with Gasteiger partial charge in [-0.05, 0) is 48.9 Å². The standard InChI is InChI=1S/C22H21ClN2O3S/c1-2-3-14-25(29(27,28)19-9-5-4-6-10-19)21-12-11-18(23)15-20(21)22(26)17-8-7-13-24-16-17/h4-13,15-16H,2-3,14H2,1H3. The molecule has 1 aromatic heterocycles. The number of unbranched alkanes of at least 4 members (excludes halogenated alkanes) is 1. The van der Waals surface area contributed by atoms with E-state index in [0.29, 0.717) is 22.7 Å². The third kappa shape index (κ3) is 4.66. The zero-order chi connectivity index (χ0) is 20.9. The van der Waals surface area contributed by atoms with Gasteiger partial charge >= 0.3 is 0 Å². The van der Waals surface area contributed by atoms with Gasteiger partial charge in [0.05, 0.1) is 10.6 Å². The summed E-state index contributed by atoms with van der Waals surface area (Å²) in [5, 5.41) is 0.355. The van der Waals surface area contributed by atoms with Gasteiger partial charge in [-0.2, -0.15) is 0 Å². The van der Waals surface area contributed by atoms with Crippen molar-refractivity contribution in [3.8, 4) is 0 Å². The zero-order valence-corrected chi connectivity index (χ0v) is 17.5. The van der Waals surface area contributed by atoms with E-state index < -0.39 is 10.0 Å². The Morgan fingerprint density at radius 2 is 1.83 bits per heavy atom. The van der Waals surface area contributed by atoms with Gasteiger partial charge in [-0.3, -0.25) is 14.1 Å². The van der Waals surface area contributed by atoms with E-state index in [2.05, 4.69) is 4.98 Å². The molecule has 3 rings (SSSR count). The molecule has 0 atom stereocenters. The average Bonchev–Trinajstić information content (AvgIpc) is 2.75. The molecule has 0 saturated carbocycles. The number of carbonyl (C=O) groups excluding carboxylic acids is 1. The number of pyridine rings is 1. The molecule has 0 aliphatic rings. The van der Waals surface area contributed by atoms with Gasteiger partial charge < -0.3 is 0 Å². The molecular formula is C22H21ClN2O3S. The van der Waals surface area contributed by atoms with E-state index >= 15 is 0 Å². The van der Waals surface area contributed by atoms with Gasteiger partial charge in [0.25, 0.3) is 10.0 Å². The van der Waals surface area contributed by atoms with Crippen molar-refractivity contribution in [2.75, 3.05) is 10.8 Å². The first-order valence-electron chi connectivity index (χ1n) is 9.27. The molecule has 0 saturated heterocycles. The quantitative estimate of drug-likeness (QED) is 0.475.